The fourth-order valence-electron chi connectivity index (χ4n) is 2.75. The van der Waals surface area contributed by atoms with Crippen molar-refractivity contribution in [2.24, 2.45) is 4.99 Å². The Bertz CT molecular complexity index is 1080. The number of nitrogen functional groups attached to an aromatic ring is 1. The maximum absolute atomic E-state index is 9.38. The summed E-state index contributed by atoms with van der Waals surface area (Å²) in [6.45, 7) is 1.95. The predicted octanol–water partition coefficient (Wildman–Crippen LogP) is 3.38. The number of nitriles is 1. The molecule has 3 N–H and O–H groups in total. The lowest BCUT2D eigenvalue weighted by molar-refractivity contribution is 0.988. The largest absolute Gasteiger partial charge is 0.382 e. The number of nitrogens with zero attached hydrogens (tertiary/aromatic N) is 6. The molecule has 3 heterocycles. The molecule has 28 heavy (non-hydrogen) atoms. The molecule has 0 spiro atoms. The summed E-state index contributed by atoms with van der Waals surface area (Å²) in [6.07, 6.45) is 3.05. The lowest BCUT2D eigenvalue weighted by Crippen LogP contribution is -2.39. The van der Waals surface area contributed by atoms with Crippen LogP contribution < -0.4 is 15.4 Å². The molecule has 0 amide bonds. The highest BCUT2D eigenvalue weighted by Crippen LogP contribution is 2.39. The Morgan fingerprint density at radius 3 is 2.75 bits per heavy atom. The van der Waals surface area contributed by atoms with Gasteiger partial charge >= 0.3 is 0 Å². The smallest absolute Gasteiger partial charge is 0.169 e. The Kier molecular flexibility index (Phi) is 4.78. The number of benzene rings is 1. The van der Waals surface area contributed by atoms with Crippen molar-refractivity contribution in [3.8, 4) is 6.07 Å². The van der Waals surface area contributed by atoms with E-state index >= 15 is 0 Å². The summed E-state index contributed by atoms with van der Waals surface area (Å²) in [6, 6.07) is 15.6. The molecule has 4 rings (SSSR count). The first-order valence-corrected chi connectivity index (χ1v) is 9.28. The van der Waals surface area contributed by atoms with E-state index in [1.54, 1.807) is 18.1 Å². The standard InChI is InChI=1S/C19H16N8S/c1-12(25-17-14(10-20)16(21)23-11-24-17)19-26-18-15(8-5-9-22-18)28-27(19)13-6-3-2-4-7-13/h2-9,11-12H,1H3,(H3,21,23,24,25). The summed E-state index contributed by atoms with van der Waals surface area (Å²) >= 11 is 1.55. The van der Waals surface area contributed by atoms with Gasteiger partial charge in [-0.2, -0.15) is 5.26 Å². The van der Waals surface area contributed by atoms with Crippen LogP contribution in [0.2, 0.25) is 0 Å². The van der Waals surface area contributed by atoms with Crippen LogP contribution in [0, 0.1) is 11.3 Å². The summed E-state index contributed by atoms with van der Waals surface area (Å²) in [4.78, 5) is 18.1. The van der Waals surface area contributed by atoms with Crippen LogP contribution >= 0.6 is 11.9 Å². The number of hydrogen-bond donors (Lipinski definition) is 2. The molecule has 8 nitrogen and oxygen atoms in total. The van der Waals surface area contributed by atoms with E-state index in [4.69, 9.17) is 10.7 Å². The SMILES string of the molecule is CC(Nc1ncnc(N)c1C#N)C1=Nc2ncccc2SN1c1ccccc1. The van der Waals surface area contributed by atoms with Gasteiger partial charge in [-0.3, -0.25) is 4.31 Å². The van der Waals surface area contributed by atoms with Gasteiger partial charge in [-0.25, -0.2) is 19.9 Å². The maximum atomic E-state index is 9.38. The van der Waals surface area contributed by atoms with Gasteiger partial charge in [0.2, 0.25) is 0 Å². The Hall–Kier alpha value is -3.64. The van der Waals surface area contributed by atoms with Crippen LogP contribution in [0.3, 0.4) is 0 Å². The monoisotopic (exact) mass is 388 g/mol. The third-order valence-electron chi connectivity index (χ3n) is 4.09. The molecule has 1 aliphatic heterocycles. The number of pyridine rings is 1. The first-order chi connectivity index (χ1) is 13.7. The number of rotatable bonds is 4. The van der Waals surface area contributed by atoms with Gasteiger partial charge < -0.3 is 11.1 Å². The Balaban J connectivity index is 1.73. The fraction of sp³-hybridized carbons (Fsp3) is 0.105. The summed E-state index contributed by atoms with van der Waals surface area (Å²) in [5.74, 6) is 1.91. The van der Waals surface area contributed by atoms with E-state index in [9.17, 15) is 5.26 Å². The van der Waals surface area contributed by atoms with Crippen LogP contribution in [0.5, 0.6) is 0 Å². The van der Waals surface area contributed by atoms with Crippen molar-refractivity contribution in [2.45, 2.75) is 17.9 Å². The number of anilines is 3. The van der Waals surface area contributed by atoms with Crippen molar-refractivity contribution in [1.29, 1.82) is 5.26 Å². The zero-order chi connectivity index (χ0) is 19.5. The molecule has 0 aliphatic carbocycles. The lowest BCUT2D eigenvalue weighted by atomic mass is 10.2. The molecule has 0 radical (unpaired) electrons. The Morgan fingerprint density at radius 1 is 1.14 bits per heavy atom. The minimum Gasteiger partial charge on any atom is -0.382 e. The van der Waals surface area contributed by atoms with Gasteiger partial charge in [-0.15, -0.1) is 0 Å². The second-order valence-electron chi connectivity index (χ2n) is 5.98. The average molecular weight is 388 g/mol. The molecule has 3 aromatic rings. The number of fused-ring (bicyclic) bond motifs is 1. The summed E-state index contributed by atoms with van der Waals surface area (Å²) < 4.78 is 2.04. The van der Waals surface area contributed by atoms with Crippen molar-refractivity contribution in [3.63, 3.8) is 0 Å². The first-order valence-electron chi connectivity index (χ1n) is 8.51. The molecule has 0 saturated heterocycles. The van der Waals surface area contributed by atoms with Crippen molar-refractivity contribution in [1.82, 2.24) is 15.0 Å². The van der Waals surface area contributed by atoms with Crippen molar-refractivity contribution < 1.29 is 0 Å². The maximum Gasteiger partial charge on any atom is 0.169 e. The number of nitrogens with two attached hydrogens (primary N) is 1. The van der Waals surface area contributed by atoms with E-state index in [0.717, 1.165) is 16.4 Å². The number of amidine groups is 1. The van der Waals surface area contributed by atoms with Gasteiger partial charge in [-0.1, -0.05) is 18.2 Å². The van der Waals surface area contributed by atoms with Gasteiger partial charge in [0.1, 0.15) is 35.4 Å². The molecular weight excluding hydrogens is 372 g/mol. The lowest BCUT2D eigenvalue weighted by Gasteiger charge is -2.32. The van der Waals surface area contributed by atoms with E-state index < -0.39 is 0 Å². The van der Waals surface area contributed by atoms with E-state index in [0.29, 0.717) is 11.6 Å². The molecule has 0 bridgehead atoms. The Morgan fingerprint density at radius 2 is 1.96 bits per heavy atom. The van der Waals surface area contributed by atoms with Crippen LogP contribution in [0.15, 0.2) is 64.9 Å². The molecule has 1 aliphatic rings. The van der Waals surface area contributed by atoms with Crippen molar-refractivity contribution >= 4 is 40.9 Å². The molecule has 1 aromatic carbocycles. The van der Waals surface area contributed by atoms with Gasteiger partial charge in [0.05, 0.1) is 16.6 Å². The molecule has 0 saturated carbocycles. The topological polar surface area (TPSA) is 116 Å². The third-order valence-corrected chi connectivity index (χ3v) is 5.18. The molecule has 1 atom stereocenters. The zero-order valence-electron chi connectivity index (χ0n) is 14.9. The third kappa shape index (κ3) is 3.33. The van der Waals surface area contributed by atoms with Gasteiger partial charge in [0, 0.05) is 6.20 Å². The van der Waals surface area contributed by atoms with Gasteiger partial charge in [0.15, 0.2) is 5.82 Å². The molecule has 9 heteroatoms. The predicted molar refractivity (Wildman–Crippen MR) is 110 cm³/mol. The first kappa shape index (κ1) is 17.8. The fourth-order valence-corrected chi connectivity index (χ4v) is 3.78. The zero-order valence-corrected chi connectivity index (χ0v) is 15.8. The van der Waals surface area contributed by atoms with Crippen LogP contribution in [0.4, 0.5) is 23.1 Å². The van der Waals surface area contributed by atoms with E-state index in [2.05, 4.69) is 20.3 Å². The van der Waals surface area contributed by atoms with Crippen LogP contribution in [0.1, 0.15) is 12.5 Å². The second-order valence-corrected chi connectivity index (χ2v) is 6.96. The highest BCUT2D eigenvalue weighted by atomic mass is 32.2. The van der Waals surface area contributed by atoms with Crippen LogP contribution in [-0.4, -0.2) is 26.8 Å². The van der Waals surface area contributed by atoms with E-state index in [1.165, 1.54) is 6.33 Å². The van der Waals surface area contributed by atoms with E-state index in [1.807, 2.05) is 59.8 Å². The number of aromatic nitrogens is 3. The Labute approximate surface area is 166 Å². The minimum atomic E-state index is -0.274. The number of nitrogens with one attached hydrogen (secondary N) is 1. The summed E-state index contributed by atoms with van der Waals surface area (Å²) in [7, 11) is 0. The number of para-hydroxylation sites is 1. The molecule has 1 unspecified atom stereocenters. The van der Waals surface area contributed by atoms with Crippen molar-refractivity contribution in [2.75, 3.05) is 15.4 Å². The van der Waals surface area contributed by atoms with Crippen molar-refractivity contribution in [3.05, 3.63) is 60.6 Å². The molecule has 2 aromatic heterocycles. The quantitative estimate of drug-likeness (QED) is 0.653. The minimum absolute atomic E-state index is 0.138. The summed E-state index contributed by atoms with van der Waals surface area (Å²) in [5, 5.41) is 12.6. The van der Waals surface area contributed by atoms with Gasteiger partial charge in [-0.05, 0) is 43.1 Å². The second kappa shape index (κ2) is 7.54. The average Bonchev–Trinajstić information content (AvgIpc) is 2.73. The van der Waals surface area contributed by atoms with Crippen LogP contribution in [0.25, 0.3) is 0 Å². The normalized spacial score (nSPS) is 13.9. The highest BCUT2D eigenvalue weighted by molar-refractivity contribution is 8.01. The number of hydrogen-bond acceptors (Lipinski definition) is 9. The molecule has 138 valence electrons. The van der Waals surface area contributed by atoms with Crippen LogP contribution in [-0.2, 0) is 0 Å². The molecule has 0 fully saturated rings. The van der Waals surface area contributed by atoms with E-state index in [-0.39, 0.29) is 17.4 Å². The summed E-state index contributed by atoms with van der Waals surface area (Å²) in [5.41, 5.74) is 6.99. The molecular formula is C19H16N8S. The number of aliphatic imine (C=N–C) groups is 1. The van der Waals surface area contributed by atoms with Gasteiger partial charge in [0.25, 0.3) is 0 Å². The highest BCUT2D eigenvalue weighted by Gasteiger charge is 2.28.